The van der Waals surface area contributed by atoms with Crippen molar-refractivity contribution >= 4 is 68.2 Å². The fraction of sp³-hybridized carbons (Fsp3) is 0.0714. The van der Waals surface area contributed by atoms with Gasteiger partial charge in [0.05, 0.1) is 31.7 Å². The van der Waals surface area contributed by atoms with E-state index in [1.54, 1.807) is 0 Å². The van der Waals surface area contributed by atoms with E-state index in [1.807, 2.05) is 30.3 Å². The van der Waals surface area contributed by atoms with Crippen molar-refractivity contribution in [1.82, 2.24) is 9.97 Å². The van der Waals surface area contributed by atoms with Crippen LogP contribution in [0.25, 0.3) is 32.9 Å². The van der Waals surface area contributed by atoms with E-state index >= 15 is 0 Å². The van der Waals surface area contributed by atoms with Gasteiger partial charge in [0.1, 0.15) is 11.6 Å². The number of ketones is 2. The average Bonchev–Trinajstić information content (AvgIpc) is 2.84. The van der Waals surface area contributed by atoms with E-state index in [0.717, 1.165) is 11.6 Å². The maximum atomic E-state index is 13.7. The minimum Gasteiger partial charge on any atom is -0.294 e. The molecule has 4 nitrogen and oxygen atoms in total. The molecule has 5 aromatic rings. The normalized spacial score (nSPS) is 10.8. The molecule has 9 heteroatoms. The largest absolute Gasteiger partial charge is 0.294 e. The Hall–Kier alpha value is -3.45. The summed E-state index contributed by atoms with van der Waals surface area (Å²) >= 11 is 17.9. The lowest BCUT2D eigenvalue weighted by molar-refractivity contribution is 0.100. The summed E-state index contributed by atoms with van der Waals surface area (Å²) in [6.07, 6.45) is 2.84. The first-order valence-electron chi connectivity index (χ1n) is 10.9. The summed E-state index contributed by atoms with van der Waals surface area (Å²) in [5.41, 5.74) is 3.08. The van der Waals surface area contributed by atoms with Crippen molar-refractivity contribution in [3.05, 3.63) is 105 Å². The Morgan fingerprint density at radius 3 is 1.73 bits per heavy atom. The van der Waals surface area contributed by atoms with Crippen LogP contribution < -0.4 is 0 Å². The molecule has 5 rings (SSSR count). The van der Waals surface area contributed by atoms with Crippen LogP contribution in [0.5, 0.6) is 0 Å². The number of aromatic nitrogens is 2. The number of hydrogen-bond donors (Lipinski definition) is 0. The first kappa shape index (κ1) is 26.6. The van der Waals surface area contributed by atoms with E-state index < -0.39 is 11.6 Å². The van der Waals surface area contributed by atoms with Gasteiger partial charge in [-0.25, -0.2) is 8.78 Å². The van der Waals surface area contributed by atoms with Crippen molar-refractivity contribution in [3.8, 4) is 11.1 Å². The lowest BCUT2D eigenvalue weighted by atomic mass is 9.95. The van der Waals surface area contributed by atoms with E-state index in [-0.39, 0.29) is 32.2 Å². The highest BCUT2D eigenvalue weighted by atomic mass is 35.5. The summed E-state index contributed by atoms with van der Waals surface area (Å²) in [6, 6.07) is 14.3. The Kier molecular flexibility index (Phi) is 7.83. The first-order chi connectivity index (χ1) is 17.6. The Balaban J connectivity index is 0.000000180. The number of halogens is 5. The zero-order valence-electron chi connectivity index (χ0n) is 19.5. The fourth-order valence-corrected chi connectivity index (χ4v) is 4.69. The summed E-state index contributed by atoms with van der Waals surface area (Å²) in [5.74, 6) is -1.31. The van der Waals surface area contributed by atoms with Crippen molar-refractivity contribution in [2.45, 2.75) is 13.8 Å². The van der Waals surface area contributed by atoms with Crippen molar-refractivity contribution < 1.29 is 18.4 Å². The predicted octanol–water partition coefficient (Wildman–Crippen LogP) is 8.78. The minimum absolute atomic E-state index is 0.122. The van der Waals surface area contributed by atoms with E-state index in [9.17, 15) is 18.4 Å². The molecule has 0 bridgehead atoms. The number of carbonyl (C=O) groups is 2. The number of Topliss-reactive ketones (excluding diaryl/α,β-unsaturated/α-hetero) is 2. The van der Waals surface area contributed by atoms with Crippen LogP contribution in [0.2, 0.25) is 15.1 Å². The van der Waals surface area contributed by atoms with E-state index in [0.29, 0.717) is 32.9 Å². The minimum atomic E-state index is -0.512. The molecule has 0 aliphatic heterocycles. The number of benzene rings is 3. The van der Waals surface area contributed by atoms with Crippen LogP contribution in [0, 0.1) is 11.6 Å². The summed E-state index contributed by atoms with van der Waals surface area (Å²) in [6.45, 7) is 2.84. The highest BCUT2D eigenvalue weighted by Gasteiger charge is 2.17. The van der Waals surface area contributed by atoms with Crippen molar-refractivity contribution in [2.24, 2.45) is 0 Å². The zero-order chi connectivity index (χ0) is 26.9. The number of fused-ring (bicyclic) bond motifs is 2. The van der Waals surface area contributed by atoms with Crippen molar-refractivity contribution in [3.63, 3.8) is 0 Å². The molecule has 0 saturated heterocycles. The highest BCUT2D eigenvalue weighted by molar-refractivity contribution is 6.41. The van der Waals surface area contributed by atoms with Crippen LogP contribution in [-0.4, -0.2) is 21.5 Å². The van der Waals surface area contributed by atoms with Crippen molar-refractivity contribution in [1.29, 1.82) is 0 Å². The molecule has 2 heterocycles. The maximum Gasteiger partial charge on any atom is 0.162 e. The van der Waals surface area contributed by atoms with Gasteiger partial charge in [-0.1, -0.05) is 65.1 Å². The molecule has 0 N–H and O–H groups in total. The van der Waals surface area contributed by atoms with Gasteiger partial charge in [0.15, 0.2) is 11.6 Å². The van der Waals surface area contributed by atoms with E-state index in [1.165, 1.54) is 44.4 Å². The summed E-state index contributed by atoms with van der Waals surface area (Å²) in [4.78, 5) is 31.3. The first-order valence-corrected chi connectivity index (χ1v) is 12.0. The summed E-state index contributed by atoms with van der Waals surface area (Å²) in [7, 11) is 0. The van der Waals surface area contributed by atoms with Crippen LogP contribution >= 0.6 is 34.8 Å². The molecule has 37 heavy (non-hydrogen) atoms. The zero-order valence-corrected chi connectivity index (χ0v) is 21.7. The summed E-state index contributed by atoms with van der Waals surface area (Å²) in [5, 5.41) is 1.47. The second kappa shape index (κ2) is 10.9. The maximum absolute atomic E-state index is 13.7. The molecule has 2 aromatic heterocycles. The molecule has 0 aliphatic carbocycles. The van der Waals surface area contributed by atoms with Gasteiger partial charge in [-0.15, -0.1) is 0 Å². The molecular formula is C28H17Cl3F2N2O2. The molecule has 0 spiro atoms. The number of hydrogen-bond acceptors (Lipinski definition) is 4. The third-order valence-electron chi connectivity index (χ3n) is 5.53. The Morgan fingerprint density at radius 2 is 1.19 bits per heavy atom. The lowest BCUT2D eigenvalue weighted by Gasteiger charge is -2.12. The van der Waals surface area contributed by atoms with Crippen LogP contribution in [0.3, 0.4) is 0 Å². The Morgan fingerprint density at radius 1 is 0.703 bits per heavy atom. The Bertz CT molecular complexity index is 1690. The number of rotatable bonds is 3. The third kappa shape index (κ3) is 5.47. The molecule has 0 amide bonds. The van der Waals surface area contributed by atoms with E-state index in [4.69, 9.17) is 34.8 Å². The number of pyridine rings is 2. The van der Waals surface area contributed by atoms with Gasteiger partial charge in [-0.05, 0) is 43.7 Å². The van der Waals surface area contributed by atoms with Gasteiger partial charge in [-0.2, -0.15) is 0 Å². The average molecular weight is 558 g/mol. The van der Waals surface area contributed by atoms with Gasteiger partial charge in [0.25, 0.3) is 0 Å². The van der Waals surface area contributed by atoms with Gasteiger partial charge < -0.3 is 0 Å². The van der Waals surface area contributed by atoms with Crippen LogP contribution in [0.15, 0.2) is 67.0 Å². The molecule has 0 radical (unpaired) electrons. The van der Waals surface area contributed by atoms with E-state index in [2.05, 4.69) is 9.97 Å². The van der Waals surface area contributed by atoms with Gasteiger partial charge >= 0.3 is 0 Å². The molecule has 0 atom stereocenters. The van der Waals surface area contributed by atoms with Gasteiger partial charge in [0, 0.05) is 34.3 Å². The van der Waals surface area contributed by atoms with Crippen molar-refractivity contribution in [2.75, 3.05) is 0 Å². The molecule has 186 valence electrons. The van der Waals surface area contributed by atoms with Gasteiger partial charge in [0.2, 0.25) is 0 Å². The molecule has 0 saturated carbocycles. The van der Waals surface area contributed by atoms with Gasteiger partial charge in [-0.3, -0.25) is 19.6 Å². The molecule has 0 aliphatic rings. The highest BCUT2D eigenvalue weighted by Crippen LogP contribution is 2.35. The molecule has 3 aromatic carbocycles. The van der Waals surface area contributed by atoms with Crippen LogP contribution in [0.1, 0.15) is 34.6 Å². The molecule has 0 unspecified atom stereocenters. The smallest absolute Gasteiger partial charge is 0.162 e. The molecule has 0 fully saturated rings. The van der Waals surface area contributed by atoms with Crippen LogP contribution in [0.4, 0.5) is 8.78 Å². The second-order valence-corrected chi connectivity index (χ2v) is 9.27. The number of carbonyl (C=O) groups excluding carboxylic acids is 2. The third-order valence-corrected chi connectivity index (χ3v) is 6.52. The topological polar surface area (TPSA) is 59.9 Å². The SMILES string of the molecule is CC(=O)c1cnc2c(Cl)cc(F)cc2c1-c1ccccc1.CC(=O)c1cnc2c(Cl)cc(F)cc2c1Cl. The lowest BCUT2D eigenvalue weighted by Crippen LogP contribution is -1.99. The summed E-state index contributed by atoms with van der Waals surface area (Å²) < 4.78 is 26.9. The Labute approximate surface area is 225 Å². The molecular weight excluding hydrogens is 541 g/mol. The standard InChI is InChI=1S/C17H11ClFNO.C11H6Cl2FNO/c1-10(21)14-9-20-17-13(7-12(19)8-15(17)18)16(14)11-5-3-2-4-6-11;1-5(16)8-4-15-11-7(10(8)13)2-6(14)3-9(11)12/h2-9H,1H3;2-4H,1H3. The second-order valence-electron chi connectivity index (χ2n) is 8.08. The van der Waals surface area contributed by atoms with Crippen LogP contribution in [-0.2, 0) is 0 Å². The fourth-order valence-electron chi connectivity index (χ4n) is 3.85. The predicted molar refractivity (Wildman–Crippen MR) is 144 cm³/mol. The quantitative estimate of drug-likeness (QED) is 0.208. The monoisotopic (exact) mass is 556 g/mol. The number of nitrogens with zero attached hydrogens (tertiary/aromatic N) is 2.